The van der Waals surface area contributed by atoms with Crippen LogP contribution in [0.1, 0.15) is 23.7 Å². The molecule has 1 heterocycles. The lowest BCUT2D eigenvalue weighted by molar-refractivity contribution is -0.121. The van der Waals surface area contributed by atoms with Crippen LogP contribution >= 0.6 is 12.4 Å². The van der Waals surface area contributed by atoms with Crippen molar-refractivity contribution in [3.05, 3.63) is 58.3 Å². The maximum absolute atomic E-state index is 12.6. The number of nitrogens with two attached hydrogens (primary N) is 1. The zero-order valence-electron chi connectivity index (χ0n) is 15.4. The van der Waals surface area contributed by atoms with E-state index in [9.17, 15) is 14.4 Å². The molecule has 148 valence electrons. The van der Waals surface area contributed by atoms with Gasteiger partial charge in [0.15, 0.2) is 0 Å². The lowest BCUT2D eigenvalue weighted by atomic mass is 10.1. The minimum Gasteiger partial charge on any atom is -0.456 e. The quantitative estimate of drug-likeness (QED) is 0.430. The molecular weight excluding hydrogens is 382 g/mol. The highest BCUT2D eigenvalue weighted by Gasteiger charge is 2.11. The van der Waals surface area contributed by atoms with Gasteiger partial charge < -0.3 is 20.8 Å². The van der Waals surface area contributed by atoms with Crippen molar-refractivity contribution < 1.29 is 14.0 Å². The molecule has 1 aromatic heterocycles. The van der Waals surface area contributed by atoms with E-state index in [0.717, 1.165) is 0 Å². The molecule has 0 spiro atoms. The van der Waals surface area contributed by atoms with E-state index in [2.05, 4.69) is 10.6 Å². The Kier molecular flexibility index (Phi) is 7.14. The SMILES string of the molecule is CC(N)C(=O)NCCCNC(=O)c1ccc2oc3ccccc3c(=O)c2c1.Cl. The number of rotatable bonds is 6. The van der Waals surface area contributed by atoms with Gasteiger partial charge in [0.25, 0.3) is 5.91 Å². The molecule has 8 heteroatoms. The molecule has 0 bridgehead atoms. The third kappa shape index (κ3) is 4.68. The second-order valence-corrected chi connectivity index (χ2v) is 6.33. The standard InChI is InChI=1S/C20H21N3O4.ClH/c1-12(21)19(25)22-9-4-10-23-20(26)13-7-8-17-15(11-13)18(24)14-5-2-3-6-16(14)27-17;/h2-3,5-8,11-12H,4,9-10,21H2,1H3,(H,22,25)(H,23,26);1H. The summed E-state index contributed by atoms with van der Waals surface area (Å²) in [6, 6.07) is 11.2. The Hall–Kier alpha value is -2.90. The average molecular weight is 404 g/mol. The van der Waals surface area contributed by atoms with Crippen LogP contribution in [0, 0.1) is 0 Å². The number of fused-ring (bicyclic) bond motifs is 2. The monoisotopic (exact) mass is 403 g/mol. The van der Waals surface area contributed by atoms with Gasteiger partial charge in [-0.3, -0.25) is 14.4 Å². The lowest BCUT2D eigenvalue weighted by Crippen LogP contribution is -2.39. The predicted octanol–water partition coefficient (Wildman–Crippen LogP) is 1.95. The van der Waals surface area contributed by atoms with Crippen LogP contribution in [0.2, 0.25) is 0 Å². The molecule has 1 atom stereocenters. The first-order valence-electron chi connectivity index (χ1n) is 8.74. The van der Waals surface area contributed by atoms with E-state index in [0.29, 0.717) is 47.0 Å². The normalized spacial score (nSPS) is 11.6. The van der Waals surface area contributed by atoms with Crippen LogP contribution in [0.3, 0.4) is 0 Å². The number of halogens is 1. The van der Waals surface area contributed by atoms with Gasteiger partial charge in [0.1, 0.15) is 11.2 Å². The molecule has 0 aliphatic heterocycles. The van der Waals surface area contributed by atoms with Gasteiger partial charge in [-0.15, -0.1) is 12.4 Å². The molecule has 0 saturated carbocycles. The Morgan fingerprint density at radius 2 is 1.71 bits per heavy atom. The first-order chi connectivity index (χ1) is 13.0. The Morgan fingerprint density at radius 3 is 2.46 bits per heavy atom. The van der Waals surface area contributed by atoms with E-state index in [-0.39, 0.29) is 29.7 Å². The second kappa shape index (κ2) is 9.34. The largest absolute Gasteiger partial charge is 0.456 e. The highest BCUT2D eigenvalue weighted by Crippen LogP contribution is 2.19. The molecule has 2 amide bonds. The van der Waals surface area contributed by atoms with Gasteiger partial charge >= 0.3 is 0 Å². The van der Waals surface area contributed by atoms with E-state index < -0.39 is 6.04 Å². The minimum atomic E-state index is -0.556. The molecule has 0 saturated heterocycles. The topological polar surface area (TPSA) is 114 Å². The van der Waals surface area contributed by atoms with Crippen molar-refractivity contribution in [3.63, 3.8) is 0 Å². The number of amides is 2. The third-order valence-electron chi connectivity index (χ3n) is 4.19. The summed E-state index contributed by atoms with van der Waals surface area (Å²) in [7, 11) is 0. The smallest absolute Gasteiger partial charge is 0.251 e. The highest BCUT2D eigenvalue weighted by atomic mass is 35.5. The fourth-order valence-corrected chi connectivity index (χ4v) is 2.71. The molecule has 0 fully saturated rings. The summed E-state index contributed by atoms with van der Waals surface area (Å²) in [5.41, 5.74) is 6.62. The van der Waals surface area contributed by atoms with Crippen molar-refractivity contribution in [2.45, 2.75) is 19.4 Å². The second-order valence-electron chi connectivity index (χ2n) is 6.33. The lowest BCUT2D eigenvalue weighted by Gasteiger charge is -2.09. The summed E-state index contributed by atoms with van der Waals surface area (Å²) in [5, 5.41) is 6.29. The molecule has 3 aromatic rings. The van der Waals surface area contributed by atoms with Crippen molar-refractivity contribution in [1.29, 1.82) is 0 Å². The average Bonchev–Trinajstić information content (AvgIpc) is 2.67. The van der Waals surface area contributed by atoms with Gasteiger partial charge in [-0.25, -0.2) is 0 Å². The van der Waals surface area contributed by atoms with Crippen LogP contribution in [0.5, 0.6) is 0 Å². The predicted molar refractivity (Wildman–Crippen MR) is 111 cm³/mol. The molecule has 7 nitrogen and oxygen atoms in total. The Labute approximate surface area is 167 Å². The first-order valence-corrected chi connectivity index (χ1v) is 8.74. The van der Waals surface area contributed by atoms with E-state index in [1.165, 1.54) is 0 Å². The van der Waals surface area contributed by atoms with E-state index in [1.807, 2.05) is 0 Å². The summed E-state index contributed by atoms with van der Waals surface area (Å²) in [5.74, 6) is -0.516. The number of carbonyl (C=O) groups excluding carboxylic acids is 2. The van der Waals surface area contributed by atoms with Gasteiger partial charge in [-0.2, -0.15) is 0 Å². The molecule has 28 heavy (non-hydrogen) atoms. The Morgan fingerprint density at radius 1 is 1.04 bits per heavy atom. The number of carbonyl (C=O) groups is 2. The molecule has 0 radical (unpaired) electrons. The summed E-state index contributed by atoms with van der Waals surface area (Å²) >= 11 is 0. The molecule has 0 aliphatic rings. The van der Waals surface area contributed by atoms with Crippen LogP contribution < -0.4 is 21.8 Å². The maximum atomic E-state index is 12.6. The minimum absolute atomic E-state index is 0. The zero-order chi connectivity index (χ0) is 19.4. The number of hydrogen-bond donors (Lipinski definition) is 3. The zero-order valence-corrected chi connectivity index (χ0v) is 16.2. The van der Waals surface area contributed by atoms with Crippen molar-refractivity contribution >= 4 is 46.2 Å². The van der Waals surface area contributed by atoms with Crippen LogP contribution in [0.15, 0.2) is 51.7 Å². The summed E-state index contributed by atoms with van der Waals surface area (Å²) in [4.78, 5) is 36.3. The van der Waals surface area contributed by atoms with E-state index in [4.69, 9.17) is 10.2 Å². The number of nitrogens with one attached hydrogen (secondary N) is 2. The molecule has 2 aromatic carbocycles. The van der Waals surface area contributed by atoms with Gasteiger partial charge in [0, 0.05) is 18.7 Å². The van der Waals surface area contributed by atoms with E-state index >= 15 is 0 Å². The molecule has 3 rings (SSSR count). The van der Waals surface area contributed by atoms with Crippen LogP contribution in [0.4, 0.5) is 0 Å². The van der Waals surface area contributed by atoms with Crippen LogP contribution in [-0.4, -0.2) is 30.9 Å². The number of para-hydroxylation sites is 1. The summed E-state index contributed by atoms with van der Waals surface area (Å²) < 4.78 is 5.73. The summed E-state index contributed by atoms with van der Waals surface area (Å²) in [6.45, 7) is 2.42. The first kappa shape index (κ1) is 21.4. The summed E-state index contributed by atoms with van der Waals surface area (Å²) in [6.07, 6.45) is 0.574. The van der Waals surface area contributed by atoms with Gasteiger partial charge in [0.2, 0.25) is 11.3 Å². The van der Waals surface area contributed by atoms with Crippen LogP contribution in [0.25, 0.3) is 21.9 Å². The van der Waals surface area contributed by atoms with Crippen molar-refractivity contribution in [2.75, 3.05) is 13.1 Å². The Bertz CT molecular complexity index is 1060. The third-order valence-corrected chi connectivity index (χ3v) is 4.19. The number of hydrogen-bond acceptors (Lipinski definition) is 5. The fourth-order valence-electron chi connectivity index (χ4n) is 2.71. The van der Waals surface area contributed by atoms with Crippen LogP contribution in [-0.2, 0) is 4.79 Å². The number of benzene rings is 2. The van der Waals surface area contributed by atoms with Crippen molar-refractivity contribution in [3.8, 4) is 0 Å². The molecular formula is C20H22ClN3O4. The Balaban J connectivity index is 0.00000280. The van der Waals surface area contributed by atoms with E-state index in [1.54, 1.807) is 49.4 Å². The fraction of sp³-hybridized carbons (Fsp3) is 0.250. The van der Waals surface area contributed by atoms with Crippen molar-refractivity contribution in [1.82, 2.24) is 10.6 Å². The maximum Gasteiger partial charge on any atom is 0.251 e. The highest BCUT2D eigenvalue weighted by molar-refractivity contribution is 5.99. The van der Waals surface area contributed by atoms with Crippen molar-refractivity contribution in [2.24, 2.45) is 5.73 Å². The molecule has 0 aliphatic carbocycles. The van der Waals surface area contributed by atoms with Gasteiger partial charge in [-0.1, -0.05) is 12.1 Å². The van der Waals surface area contributed by atoms with Gasteiger partial charge in [0.05, 0.1) is 16.8 Å². The molecule has 4 N–H and O–H groups in total. The molecule has 1 unspecified atom stereocenters. The van der Waals surface area contributed by atoms with Gasteiger partial charge in [-0.05, 0) is 43.7 Å².